The zero-order valence-electron chi connectivity index (χ0n) is 11.4. The van der Waals surface area contributed by atoms with Crippen molar-refractivity contribution in [2.75, 3.05) is 12.4 Å². The Morgan fingerprint density at radius 2 is 1.86 bits per heavy atom. The molecule has 4 N–H and O–H groups in total. The van der Waals surface area contributed by atoms with Crippen LogP contribution in [0.25, 0.3) is 0 Å². The predicted octanol–water partition coefficient (Wildman–Crippen LogP) is 2.04. The summed E-state index contributed by atoms with van der Waals surface area (Å²) < 4.78 is 5.09. The third-order valence-electron chi connectivity index (χ3n) is 2.88. The molecule has 21 heavy (non-hydrogen) atoms. The molecule has 2 aromatic rings. The molecule has 0 unspecified atom stereocenters. The molecule has 0 radical (unpaired) electrons. The number of hydrogen-bond acceptors (Lipinski definition) is 4. The maximum Gasteiger partial charge on any atom is 0.255 e. The average Bonchev–Trinajstić information content (AvgIpc) is 2.54. The molecule has 0 bridgehead atoms. The van der Waals surface area contributed by atoms with Crippen LogP contribution in [0.1, 0.15) is 15.9 Å². The van der Waals surface area contributed by atoms with Crippen molar-refractivity contribution < 1.29 is 14.7 Å². The molecule has 0 aliphatic rings. The summed E-state index contributed by atoms with van der Waals surface area (Å²) >= 11 is 0. The number of nitrogens with one attached hydrogen (secondary N) is 1. The molecule has 6 heteroatoms. The van der Waals surface area contributed by atoms with Crippen molar-refractivity contribution in [3.63, 3.8) is 0 Å². The zero-order chi connectivity index (χ0) is 15.2. The molecule has 0 aliphatic carbocycles. The predicted molar refractivity (Wildman–Crippen MR) is 79.9 cm³/mol. The molecule has 0 aliphatic heterocycles. The molecule has 1 amide bonds. The number of oxime groups is 1. The van der Waals surface area contributed by atoms with Gasteiger partial charge in [-0.2, -0.15) is 0 Å². The first kappa shape index (κ1) is 14.4. The van der Waals surface area contributed by atoms with Crippen LogP contribution in [0.15, 0.2) is 53.7 Å². The second-order valence-corrected chi connectivity index (χ2v) is 4.25. The van der Waals surface area contributed by atoms with Crippen molar-refractivity contribution in [2.45, 2.75) is 0 Å². The Hall–Kier alpha value is -3.02. The van der Waals surface area contributed by atoms with Crippen LogP contribution in [0.5, 0.6) is 5.75 Å². The Bertz CT molecular complexity index is 666. The lowest BCUT2D eigenvalue weighted by Crippen LogP contribution is -2.15. The molecular formula is C15H15N3O3. The molecule has 0 heterocycles. The lowest BCUT2D eigenvalue weighted by atomic mass is 10.1. The number of carbonyl (C=O) groups excluding carboxylic acids is 1. The van der Waals surface area contributed by atoms with Crippen LogP contribution in [0, 0.1) is 0 Å². The Labute approximate surface area is 121 Å². The monoisotopic (exact) mass is 285 g/mol. The minimum absolute atomic E-state index is 0.00486. The number of hydrogen-bond donors (Lipinski definition) is 3. The van der Waals surface area contributed by atoms with Gasteiger partial charge in [-0.3, -0.25) is 4.79 Å². The molecule has 0 atom stereocenters. The van der Waals surface area contributed by atoms with E-state index in [1.165, 1.54) is 0 Å². The number of nitrogens with two attached hydrogens (primary N) is 1. The molecule has 0 spiro atoms. The van der Waals surface area contributed by atoms with E-state index in [1.807, 2.05) is 0 Å². The summed E-state index contributed by atoms with van der Waals surface area (Å²) in [7, 11) is 1.56. The van der Waals surface area contributed by atoms with E-state index >= 15 is 0 Å². The summed E-state index contributed by atoms with van der Waals surface area (Å²) in [5.41, 5.74) is 7.10. The number of rotatable bonds is 4. The summed E-state index contributed by atoms with van der Waals surface area (Å²) in [6.07, 6.45) is 0. The highest BCUT2D eigenvalue weighted by atomic mass is 16.5. The van der Waals surface area contributed by atoms with Gasteiger partial charge in [0.05, 0.1) is 7.11 Å². The number of nitrogens with zero attached hydrogens (tertiary/aromatic N) is 1. The van der Waals surface area contributed by atoms with Crippen LogP contribution in [0.3, 0.4) is 0 Å². The third-order valence-corrected chi connectivity index (χ3v) is 2.88. The molecule has 0 aromatic heterocycles. The minimum Gasteiger partial charge on any atom is -0.497 e. The molecular weight excluding hydrogens is 270 g/mol. The fourth-order valence-corrected chi connectivity index (χ4v) is 1.75. The summed E-state index contributed by atoms with van der Waals surface area (Å²) in [5, 5.41) is 14.2. The van der Waals surface area contributed by atoms with E-state index in [9.17, 15) is 4.79 Å². The standard InChI is InChI=1S/C15H15N3O3/c1-21-13-4-2-3-12(9-13)17-15(19)11-7-5-10(6-8-11)14(16)18-20/h2-9,20H,1H3,(H2,16,18)(H,17,19). The van der Waals surface area contributed by atoms with Gasteiger partial charge < -0.3 is 21.0 Å². The van der Waals surface area contributed by atoms with Gasteiger partial charge in [-0.25, -0.2) is 0 Å². The van der Waals surface area contributed by atoms with Crippen LogP contribution >= 0.6 is 0 Å². The molecule has 0 saturated heterocycles. The average molecular weight is 285 g/mol. The summed E-state index contributed by atoms with van der Waals surface area (Å²) in [5.74, 6) is 0.402. The summed E-state index contributed by atoms with van der Waals surface area (Å²) in [6, 6.07) is 13.5. The normalized spacial score (nSPS) is 11.0. The van der Waals surface area contributed by atoms with Gasteiger partial charge in [0.2, 0.25) is 0 Å². The Morgan fingerprint density at radius 1 is 1.19 bits per heavy atom. The topological polar surface area (TPSA) is 96.9 Å². The molecule has 2 aromatic carbocycles. The maximum atomic E-state index is 12.1. The number of methoxy groups -OCH3 is 1. The van der Waals surface area contributed by atoms with E-state index in [4.69, 9.17) is 15.7 Å². The lowest BCUT2D eigenvalue weighted by molar-refractivity contribution is 0.102. The van der Waals surface area contributed by atoms with Gasteiger partial charge >= 0.3 is 0 Å². The van der Waals surface area contributed by atoms with Crippen LogP contribution < -0.4 is 15.8 Å². The smallest absolute Gasteiger partial charge is 0.255 e. The Morgan fingerprint density at radius 3 is 2.48 bits per heavy atom. The minimum atomic E-state index is -0.255. The largest absolute Gasteiger partial charge is 0.497 e. The molecule has 6 nitrogen and oxygen atoms in total. The van der Waals surface area contributed by atoms with E-state index in [0.29, 0.717) is 22.6 Å². The molecule has 0 saturated carbocycles. The van der Waals surface area contributed by atoms with Crippen molar-refractivity contribution in [3.8, 4) is 5.75 Å². The van der Waals surface area contributed by atoms with E-state index in [1.54, 1.807) is 55.6 Å². The lowest BCUT2D eigenvalue weighted by Gasteiger charge is -2.07. The Balaban J connectivity index is 2.13. The Kier molecular flexibility index (Phi) is 4.40. The van der Waals surface area contributed by atoms with Gasteiger partial charge in [-0.05, 0) is 24.3 Å². The molecule has 2 rings (SSSR count). The van der Waals surface area contributed by atoms with Crippen LogP contribution in [0.2, 0.25) is 0 Å². The van der Waals surface area contributed by atoms with Crippen molar-refractivity contribution >= 4 is 17.4 Å². The fourth-order valence-electron chi connectivity index (χ4n) is 1.75. The van der Waals surface area contributed by atoms with E-state index < -0.39 is 0 Å². The van der Waals surface area contributed by atoms with Crippen molar-refractivity contribution in [3.05, 3.63) is 59.7 Å². The highest BCUT2D eigenvalue weighted by Crippen LogP contribution is 2.17. The highest BCUT2D eigenvalue weighted by molar-refractivity contribution is 6.05. The van der Waals surface area contributed by atoms with E-state index in [-0.39, 0.29) is 11.7 Å². The first-order valence-electron chi connectivity index (χ1n) is 6.17. The second kappa shape index (κ2) is 6.42. The first-order chi connectivity index (χ1) is 10.1. The van der Waals surface area contributed by atoms with E-state index in [0.717, 1.165) is 0 Å². The van der Waals surface area contributed by atoms with Gasteiger partial charge in [-0.1, -0.05) is 23.4 Å². The number of amidine groups is 1. The maximum absolute atomic E-state index is 12.1. The van der Waals surface area contributed by atoms with Crippen molar-refractivity contribution in [1.82, 2.24) is 0 Å². The number of ether oxygens (including phenoxy) is 1. The molecule has 108 valence electrons. The highest BCUT2D eigenvalue weighted by Gasteiger charge is 2.07. The number of carbonyl (C=O) groups is 1. The van der Waals surface area contributed by atoms with Crippen LogP contribution in [-0.2, 0) is 0 Å². The van der Waals surface area contributed by atoms with Gasteiger partial charge in [-0.15, -0.1) is 0 Å². The van der Waals surface area contributed by atoms with E-state index in [2.05, 4.69) is 10.5 Å². The number of anilines is 1. The van der Waals surface area contributed by atoms with Gasteiger partial charge in [0, 0.05) is 22.9 Å². The van der Waals surface area contributed by atoms with Gasteiger partial charge in [0.15, 0.2) is 5.84 Å². The molecule has 0 fully saturated rings. The summed E-state index contributed by atoms with van der Waals surface area (Å²) in [4.78, 5) is 12.1. The van der Waals surface area contributed by atoms with Crippen LogP contribution in [-0.4, -0.2) is 24.1 Å². The quantitative estimate of drug-likeness (QED) is 0.346. The van der Waals surface area contributed by atoms with Crippen molar-refractivity contribution in [1.29, 1.82) is 0 Å². The first-order valence-corrected chi connectivity index (χ1v) is 6.17. The number of amides is 1. The number of benzene rings is 2. The second-order valence-electron chi connectivity index (χ2n) is 4.25. The van der Waals surface area contributed by atoms with Crippen molar-refractivity contribution in [2.24, 2.45) is 10.9 Å². The van der Waals surface area contributed by atoms with Crippen LogP contribution in [0.4, 0.5) is 5.69 Å². The van der Waals surface area contributed by atoms with Gasteiger partial charge in [0.25, 0.3) is 5.91 Å². The summed E-state index contributed by atoms with van der Waals surface area (Å²) in [6.45, 7) is 0. The fraction of sp³-hybridized carbons (Fsp3) is 0.0667. The van der Waals surface area contributed by atoms with Gasteiger partial charge in [0.1, 0.15) is 5.75 Å². The SMILES string of the molecule is COc1cccc(NC(=O)c2ccc(/C(N)=N/O)cc2)c1. The zero-order valence-corrected chi connectivity index (χ0v) is 11.4. The third kappa shape index (κ3) is 3.50.